The molecule has 98 valence electrons. The third-order valence-corrected chi connectivity index (χ3v) is 5.24. The minimum atomic E-state index is -0.938. The van der Waals surface area contributed by atoms with Gasteiger partial charge in [0, 0.05) is 23.1 Å². The number of hydrogen-bond donors (Lipinski definition) is 1. The van der Waals surface area contributed by atoms with Crippen LogP contribution >= 0.6 is 0 Å². The van der Waals surface area contributed by atoms with E-state index in [9.17, 15) is 9.00 Å². The maximum Gasteiger partial charge on any atom is 0.240 e. The molecule has 0 aliphatic carbocycles. The first-order chi connectivity index (χ1) is 8.15. The van der Waals surface area contributed by atoms with Gasteiger partial charge in [0.05, 0.1) is 6.04 Å². The summed E-state index contributed by atoms with van der Waals surface area (Å²) in [5, 5.41) is 3.04. The van der Waals surface area contributed by atoms with Crippen LogP contribution in [0.1, 0.15) is 38.5 Å². The first-order valence-corrected chi connectivity index (χ1v) is 8.09. The third-order valence-electron chi connectivity index (χ3n) is 4.01. The lowest BCUT2D eigenvalue weighted by Gasteiger charge is -2.41. The summed E-state index contributed by atoms with van der Waals surface area (Å²) in [5.74, 6) is 0.162. The zero-order valence-corrected chi connectivity index (χ0v) is 11.5. The molecule has 2 aliphatic rings. The highest BCUT2D eigenvalue weighted by Gasteiger charge is 2.40. The molecule has 5 heteroatoms. The Morgan fingerprint density at radius 2 is 1.88 bits per heavy atom. The Bertz CT molecular complexity index is 322. The van der Waals surface area contributed by atoms with Gasteiger partial charge >= 0.3 is 0 Å². The van der Waals surface area contributed by atoms with Crippen LogP contribution in [0.15, 0.2) is 0 Å². The van der Waals surface area contributed by atoms with Crippen molar-refractivity contribution in [1.82, 2.24) is 10.2 Å². The number of rotatable bonds is 2. The first-order valence-electron chi connectivity index (χ1n) is 6.47. The Kier molecular flexibility index (Phi) is 4.20. The summed E-state index contributed by atoms with van der Waals surface area (Å²) < 4.78 is 11.8. The Morgan fingerprint density at radius 1 is 1.24 bits per heavy atom. The number of carbonyl (C=O) groups excluding carboxylic acids is 1. The van der Waals surface area contributed by atoms with Gasteiger partial charge in [-0.25, -0.2) is 0 Å². The van der Waals surface area contributed by atoms with Crippen molar-refractivity contribution in [2.24, 2.45) is 0 Å². The van der Waals surface area contributed by atoms with Gasteiger partial charge in [0.15, 0.2) is 0 Å². The van der Waals surface area contributed by atoms with Crippen molar-refractivity contribution in [3.63, 3.8) is 0 Å². The number of nitrogens with one attached hydrogen (secondary N) is 1. The van der Waals surface area contributed by atoms with Crippen molar-refractivity contribution in [2.75, 3.05) is 13.3 Å². The van der Waals surface area contributed by atoms with E-state index >= 15 is 0 Å². The highest BCUT2D eigenvalue weighted by Crippen LogP contribution is 2.31. The lowest BCUT2D eigenvalue weighted by molar-refractivity contribution is -0.137. The zero-order chi connectivity index (χ0) is 12.4. The Labute approximate surface area is 106 Å². The number of piperidine rings is 1. The van der Waals surface area contributed by atoms with Crippen molar-refractivity contribution >= 4 is 16.7 Å². The van der Waals surface area contributed by atoms with E-state index in [1.54, 1.807) is 6.26 Å². The third kappa shape index (κ3) is 2.55. The molecule has 1 N–H and O–H groups in total. The molecule has 2 fully saturated rings. The van der Waals surface area contributed by atoms with Crippen molar-refractivity contribution < 1.29 is 9.00 Å². The number of hydrogen-bond acceptors (Lipinski definition) is 3. The second-order valence-electron chi connectivity index (χ2n) is 5.06. The molecule has 0 saturated carbocycles. The van der Waals surface area contributed by atoms with E-state index in [0.29, 0.717) is 6.04 Å². The lowest BCUT2D eigenvalue weighted by atomic mass is 9.99. The molecule has 2 saturated heterocycles. The van der Waals surface area contributed by atoms with Gasteiger partial charge in [-0.3, -0.25) is 9.00 Å². The van der Waals surface area contributed by atoms with Gasteiger partial charge in [0.25, 0.3) is 0 Å². The minimum Gasteiger partial charge on any atom is -0.324 e. The van der Waals surface area contributed by atoms with Gasteiger partial charge < -0.3 is 10.2 Å². The van der Waals surface area contributed by atoms with Crippen LogP contribution in [0.3, 0.4) is 0 Å². The normalized spacial score (nSPS) is 36.2. The number of amides is 1. The monoisotopic (exact) mass is 258 g/mol. The topological polar surface area (TPSA) is 49.4 Å². The fourth-order valence-corrected chi connectivity index (χ4v) is 4.20. The molecule has 2 rings (SSSR count). The number of fused-ring (bicyclic) bond motifs is 1. The molecule has 0 aromatic heterocycles. The molecule has 4 unspecified atom stereocenters. The van der Waals surface area contributed by atoms with E-state index in [2.05, 4.69) is 5.32 Å². The van der Waals surface area contributed by atoms with E-state index < -0.39 is 10.8 Å². The summed E-state index contributed by atoms with van der Waals surface area (Å²) in [5.41, 5.74) is 0. The van der Waals surface area contributed by atoms with Crippen molar-refractivity contribution in [3.05, 3.63) is 0 Å². The highest BCUT2D eigenvalue weighted by atomic mass is 32.2. The number of nitrogens with zero attached hydrogens (tertiary/aromatic N) is 1. The van der Waals surface area contributed by atoms with Gasteiger partial charge in [-0.2, -0.15) is 0 Å². The van der Waals surface area contributed by atoms with Crippen LogP contribution in [0.5, 0.6) is 0 Å². The van der Waals surface area contributed by atoms with Crippen LogP contribution in [0.25, 0.3) is 0 Å². The van der Waals surface area contributed by atoms with E-state index in [0.717, 1.165) is 38.5 Å². The fourth-order valence-electron chi connectivity index (χ4n) is 3.10. The molecule has 0 aromatic rings. The Balaban J connectivity index is 2.24. The van der Waals surface area contributed by atoms with E-state index in [-0.39, 0.29) is 17.3 Å². The molecule has 2 aliphatic heterocycles. The van der Waals surface area contributed by atoms with Crippen LogP contribution in [-0.4, -0.2) is 45.8 Å². The summed E-state index contributed by atoms with van der Waals surface area (Å²) in [4.78, 5) is 14.4. The molecule has 4 atom stereocenters. The highest BCUT2D eigenvalue weighted by molar-refractivity contribution is 7.84. The van der Waals surface area contributed by atoms with Gasteiger partial charge in [-0.1, -0.05) is 0 Å². The van der Waals surface area contributed by atoms with Gasteiger partial charge in [-0.05, 0) is 45.6 Å². The summed E-state index contributed by atoms with van der Waals surface area (Å²) >= 11 is 0. The summed E-state index contributed by atoms with van der Waals surface area (Å²) in [6.07, 6.45) is 7.85. The van der Waals surface area contributed by atoms with Crippen LogP contribution in [0, 0.1) is 0 Å². The van der Waals surface area contributed by atoms with Crippen LogP contribution in [0.2, 0.25) is 0 Å². The average molecular weight is 258 g/mol. The van der Waals surface area contributed by atoms with Crippen LogP contribution < -0.4 is 5.32 Å². The maximum atomic E-state index is 12.5. The standard InChI is InChI=1S/C12H22N2O2S/c1-13-10-7-3-5-9-6-4-8-11(17(2)16)14(9)12(10)15/h9-11,13H,3-8H2,1-2H3. The molecule has 2 heterocycles. The zero-order valence-electron chi connectivity index (χ0n) is 10.6. The largest absolute Gasteiger partial charge is 0.324 e. The van der Waals surface area contributed by atoms with E-state index in [1.807, 2.05) is 11.9 Å². The smallest absolute Gasteiger partial charge is 0.240 e. The molecule has 0 spiro atoms. The molecule has 4 nitrogen and oxygen atoms in total. The summed E-state index contributed by atoms with van der Waals surface area (Å²) in [6.45, 7) is 0. The number of likely N-dealkylation sites (N-methyl/N-ethyl adjacent to an activating group) is 1. The van der Waals surface area contributed by atoms with Crippen LogP contribution in [-0.2, 0) is 15.6 Å². The second-order valence-corrected chi connectivity index (χ2v) is 6.60. The minimum absolute atomic E-state index is 0.0600. The average Bonchev–Trinajstić information content (AvgIpc) is 2.48. The van der Waals surface area contributed by atoms with Crippen molar-refractivity contribution in [3.8, 4) is 0 Å². The molecule has 1 amide bonds. The van der Waals surface area contributed by atoms with Crippen molar-refractivity contribution in [2.45, 2.75) is 56.0 Å². The predicted molar refractivity (Wildman–Crippen MR) is 69.0 cm³/mol. The quantitative estimate of drug-likeness (QED) is 0.798. The van der Waals surface area contributed by atoms with Gasteiger partial charge in [0.1, 0.15) is 5.37 Å². The molecule has 17 heavy (non-hydrogen) atoms. The Morgan fingerprint density at radius 3 is 2.47 bits per heavy atom. The molecule has 0 radical (unpaired) electrons. The predicted octanol–water partition coefficient (Wildman–Crippen LogP) is 0.844. The van der Waals surface area contributed by atoms with E-state index in [1.165, 1.54) is 0 Å². The van der Waals surface area contributed by atoms with Gasteiger partial charge in [-0.15, -0.1) is 0 Å². The SMILES string of the molecule is CNC1CCCC2CCCC(S(C)=O)N2C1=O. The maximum absolute atomic E-state index is 12.5. The molecular formula is C12H22N2O2S. The number of carbonyl (C=O) groups is 1. The first kappa shape index (κ1) is 13.0. The second kappa shape index (κ2) is 5.48. The Hall–Kier alpha value is -0.420. The summed E-state index contributed by atoms with van der Waals surface area (Å²) in [7, 11) is 0.900. The van der Waals surface area contributed by atoms with E-state index in [4.69, 9.17) is 0 Å². The summed E-state index contributed by atoms with van der Waals surface area (Å²) in [6, 6.07) is 0.243. The molecule has 0 aromatic carbocycles. The van der Waals surface area contributed by atoms with Crippen molar-refractivity contribution in [1.29, 1.82) is 0 Å². The van der Waals surface area contributed by atoms with Crippen LogP contribution in [0.4, 0.5) is 0 Å². The van der Waals surface area contributed by atoms with Gasteiger partial charge in [0.2, 0.25) is 5.91 Å². The molecule has 0 bridgehead atoms. The fraction of sp³-hybridized carbons (Fsp3) is 0.917. The lowest BCUT2D eigenvalue weighted by Crippen LogP contribution is -2.55. The molecular weight excluding hydrogens is 236 g/mol.